The molecule has 0 radical (unpaired) electrons. The number of hydrogen-bond acceptors (Lipinski definition) is 3. The fourth-order valence-corrected chi connectivity index (χ4v) is 1.62. The van der Waals surface area contributed by atoms with Gasteiger partial charge >= 0.3 is 0 Å². The van der Waals surface area contributed by atoms with E-state index in [1.807, 2.05) is 0 Å². The molecule has 0 spiro atoms. The van der Waals surface area contributed by atoms with Crippen molar-refractivity contribution in [3.8, 4) is 0 Å². The van der Waals surface area contributed by atoms with Crippen molar-refractivity contribution in [2.45, 2.75) is 0 Å². The van der Waals surface area contributed by atoms with Crippen molar-refractivity contribution < 1.29 is 9.31 Å². The van der Waals surface area contributed by atoms with Gasteiger partial charge in [0.25, 0.3) is 5.69 Å². The molecule has 96 valence electrons. The minimum Gasteiger partial charge on any atom is -0.258 e. The Morgan fingerprint density at radius 1 is 1.26 bits per heavy atom. The van der Waals surface area contributed by atoms with Gasteiger partial charge in [0.15, 0.2) is 0 Å². The first kappa shape index (κ1) is 13.2. The molecule has 0 saturated heterocycles. The van der Waals surface area contributed by atoms with Crippen LogP contribution in [0.2, 0.25) is 5.02 Å². The number of aliphatic imine (C=N–C) groups is 1. The molecule has 0 aromatic heterocycles. The molecule has 0 fully saturated rings. The molecule has 2 aromatic rings. The van der Waals surface area contributed by atoms with Crippen LogP contribution >= 0.6 is 11.6 Å². The summed E-state index contributed by atoms with van der Waals surface area (Å²) in [6.07, 6.45) is 1.37. The highest BCUT2D eigenvalue weighted by atomic mass is 35.5. The quantitative estimate of drug-likeness (QED) is 0.481. The van der Waals surface area contributed by atoms with Crippen LogP contribution in [0.25, 0.3) is 0 Å². The Bertz CT molecular complexity index is 659. The maximum Gasteiger partial charge on any atom is 0.271 e. The SMILES string of the molecule is O=[N+]([O-])c1ccc(F)c(N=Cc2ccccc2Cl)c1. The Hall–Kier alpha value is -2.27. The predicted molar refractivity (Wildman–Crippen MR) is 71.8 cm³/mol. The van der Waals surface area contributed by atoms with Gasteiger partial charge in [0.2, 0.25) is 0 Å². The van der Waals surface area contributed by atoms with Crippen LogP contribution in [0.1, 0.15) is 5.56 Å². The summed E-state index contributed by atoms with van der Waals surface area (Å²) in [5.41, 5.74) is 0.289. The van der Waals surface area contributed by atoms with Crippen LogP contribution in [0.3, 0.4) is 0 Å². The maximum atomic E-state index is 13.5. The summed E-state index contributed by atoms with van der Waals surface area (Å²) in [6, 6.07) is 10.1. The van der Waals surface area contributed by atoms with Crippen molar-refractivity contribution in [1.82, 2.24) is 0 Å². The van der Waals surface area contributed by atoms with Gasteiger partial charge < -0.3 is 0 Å². The zero-order chi connectivity index (χ0) is 13.8. The third kappa shape index (κ3) is 3.14. The topological polar surface area (TPSA) is 55.5 Å². The van der Waals surface area contributed by atoms with E-state index in [1.54, 1.807) is 24.3 Å². The van der Waals surface area contributed by atoms with Crippen molar-refractivity contribution in [1.29, 1.82) is 0 Å². The van der Waals surface area contributed by atoms with Gasteiger partial charge in [0, 0.05) is 28.9 Å². The second-order valence-corrected chi connectivity index (χ2v) is 4.08. The molecule has 0 bridgehead atoms. The van der Waals surface area contributed by atoms with Crippen LogP contribution in [0.5, 0.6) is 0 Å². The first-order valence-corrected chi connectivity index (χ1v) is 5.68. The second-order valence-electron chi connectivity index (χ2n) is 3.67. The van der Waals surface area contributed by atoms with Gasteiger partial charge in [-0.3, -0.25) is 15.1 Å². The zero-order valence-corrected chi connectivity index (χ0v) is 10.3. The Balaban J connectivity index is 2.35. The number of halogens is 2. The van der Waals surface area contributed by atoms with Crippen LogP contribution in [0, 0.1) is 15.9 Å². The van der Waals surface area contributed by atoms with Gasteiger partial charge in [-0.2, -0.15) is 0 Å². The lowest BCUT2D eigenvalue weighted by Gasteiger charge is -1.98. The lowest BCUT2D eigenvalue weighted by molar-refractivity contribution is -0.384. The van der Waals surface area contributed by atoms with E-state index in [-0.39, 0.29) is 11.4 Å². The molecule has 19 heavy (non-hydrogen) atoms. The van der Waals surface area contributed by atoms with E-state index in [0.29, 0.717) is 10.6 Å². The molecule has 4 nitrogen and oxygen atoms in total. The Morgan fingerprint density at radius 3 is 2.68 bits per heavy atom. The van der Waals surface area contributed by atoms with Crippen LogP contribution < -0.4 is 0 Å². The molecular weight excluding hydrogens is 271 g/mol. The molecule has 2 aromatic carbocycles. The Kier molecular flexibility index (Phi) is 3.87. The van der Waals surface area contributed by atoms with E-state index in [4.69, 9.17) is 11.6 Å². The number of nitro groups is 1. The first-order chi connectivity index (χ1) is 9.08. The highest BCUT2D eigenvalue weighted by Crippen LogP contribution is 2.24. The monoisotopic (exact) mass is 278 g/mol. The molecule has 0 aliphatic carbocycles. The average Bonchev–Trinajstić information content (AvgIpc) is 2.39. The molecule has 0 atom stereocenters. The van der Waals surface area contributed by atoms with Crippen LogP contribution in [-0.4, -0.2) is 11.1 Å². The number of benzene rings is 2. The average molecular weight is 279 g/mol. The molecular formula is C13H8ClFN2O2. The molecule has 0 saturated carbocycles. The van der Waals surface area contributed by atoms with Crippen molar-refractivity contribution in [3.63, 3.8) is 0 Å². The molecule has 0 N–H and O–H groups in total. The zero-order valence-electron chi connectivity index (χ0n) is 9.59. The van der Waals surface area contributed by atoms with E-state index >= 15 is 0 Å². The minimum atomic E-state index is -0.631. The van der Waals surface area contributed by atoms with Gasteiger partial charge in [0.05, 0.1) is 4.92 Å². The van der Waals surface area contributed by atoms with Crippen molar-refractivity contribution >= 4 is 29.2 Å². The molecule has 0 aliphatic heterocycles. The van der Waals surface area contributed by atoms with Crippen molar-refractivity contribution in [3.05, 3.63) is 69.0 Å². The summed E-state index contributed by atoms with van der Waals surface area (Å²) in [5, 5.41) is 11.1. The molecule has 0 heterocycles. The standard InChI is InChI=1S/C13H8ClFN2O2/c14-11-4-2-1-3-9(11)8-16-13-7-10(17(18)19)5-6-12(13)15/h1-8H. The lowest BCUT2D eigenvalue weighted by atomic mass is 10.2. The van der Waals surface area contributed by atoms with E-state index in [2.05, 4.69) is 4.99 Å². The lowest BCUT2D eigenvalue weighted by Crippen LogP contribution is -1.89. The summed E-state index contributed by atoms with van der Waals surface area (Å²) in [4.78, 5) is 13.9. The number of rotatable bonds is 3. The fraction of sp³-hybridized carbons (Fsp3) is 0. The third-order valence-electron chi connectivity index (χ3n) is 2.39. The molecule has 0 amide bonds. The van der Waals surface area contributed by atoms with Crippen LogP contribution in [0.15, 0.2) is 47.5 Å². The maximum absolute atomic E-state index is 13.5. The highest BCUT2D eigenvalue weighted by molar-refractivity contribution is 6.33. The molecule has 0 unspecified atom stereocenters. The first-order valence-electron chi connectivity index (χ1n) is 5.30. The van der Waals surface area contributed by atoms with Crippen molar-refractivity contribution in [2.24, 2.45) is 4.99 Å². The van der Waals surface area contributed by atoms with E-state index in [9.17, 15) is 14.5 Å². The second kappa shape index (κ2) is 5.58. The molecule has 0 aliphatic rings. The normalized spacial score (nSPS) is 10.8. The Morgan fingerprint density at radius 2 is 2.00 bits per heavy atom. The van der Waals surface area contributed by atoms with Crippen LogP contribution in [0.4, 0.5) is 15.8 Å². The van der Waals surface area contributed by atoms with Gasteiger partial charge in [0.1, 0.15) is 11.5 Å². The number of non-ortho nitro benzene ring substituents is 1. The number of hydrogen-bond donors (Lipinski definition) is 0. The van der Waals surface area contributed by atoms with Crippen molar-refractivity contribution in [2.75, 3.05) is 0 Å². The van der Waals surface area contributed by atoms with Gasteiger partial charge in [-0.1, -0.05) is 29.8 Å². The summed E-state index contributed by atoms with van der Waals surface area (Å²) in [6.45, 7) is 0. The molecule has 6 heteroatoms. The summed E-state index contributed by atoms with van der Waals surface area (Å²) < 4.78 is 13.5. The predicted octanol–water partition coefficient (Wildman–Crippen LogP) is 4.14. The van der Waals surface area contributed by atoms with Gasteiger partial charge in [-0.05, 0) is 12.1 Å². The smallest absolute Gasteiger partial charge is 0.258 e. The minimum absolute atomic E-state index is 0.103. The van der Waals surface area contributed by atoms with Crippen LogP contribution in [-0.2, 0) is 0 Å². The number of nitrogens with zero attached hydrogens (tertiary/aromatic N) is 2. The van der Waals surface area contributed by atoms with Gasteiger partial charge in [-0.25, -0.2) is 4.39 Å². The van der Waals surface area contributed by atoms with E-state index in [0.717, 1.165) is 18.2 Å². The third-order valence-corrected chi connectivity index (χ3v) is 2.73. The molecule has 2 rings (SSSR count). The summed E-state index contributed by atoms with van der Waals surface area (Å²) in [5.74, 6) is -0.631. The highest BCUT2D eigenvalue weighted by Gasteiger charge is 2.09. The Labute approximate surface area is 113 Å². The largest absolute Gasteiger partial charge is 0.271 e. The van der Waals surface area contributed by atoms with E-state index < -0.39 is 10.7 Å². The number of nitro benzene ring substituents is 1. The summed E-state index contributed by atoms with van der Waals surface area (Å²) in [7, 11) is 0. The fourth-order valence-electron chi connectivity index (χ4n) is 1.43. The van der Waals surface area contributed by atoms with Gasteiger partial charge in [-0.15, -0.1) is 0 Å². The summed E-state index contributed by atoms with van der Waals surface area (Å²) >= 11 is 5.92. The van der Waals surface area contributed by atoms with E-state index in [1.165, 1.54) is 6.21 Å².